The van der Waals surface area contributed by atoms with Crippen molar-refractivity contribution in [3.8, 4) is 5.69 Å². The largest absolute Gasteiger partial charge is 0.384 e. The maximum absolute atomic E-state index is 13.0. The molecule has 0 aliphatic rings. The van der Waals surface area contributed by atoms with E-state index in [1.165, 1.54) is 12.1 Å². The van der Waals surface area contributed by atoms with Crippen LogP contribution in [-0.4, -0.2) is 31.9 Å². The van der Waals surface area contributed by atoms with Crippen LogP contribution in [0.15, 0.2) is 48.5 Å². The Balaban J connectivity index is 1.76. The second kappa shape index (κ2) is 6.37. The third kappa shape index (κ3) is 3.41. The zero-order valence-corrected chi connectivity index (χ0v) is 13.4. The molecule has 1 atom stereocenters. The number of nitrogens with one attached hydrogen (secondary N) is 1. The summed E-state index contributed by atoms with van der Waals surface area (Å²) in [5, 5.41) is 25.2. The van der Waals surface area contributed by atoms with Gasteiger partial charge in [0, 0.05) is 0 Å². The lowest BCUT2D eigenvalue weighted by molar-refractivity contribution is 0.0712. The topological polar surface area (TPSA) is 75.9 Å². The van der Waals surface area contributed by atoms with E-state index in [0.717, 1.165) is 11.3 Å². The van der Waals surface area contributed by atoms with Crippen molar-refractivity contribution in [2.24, 2.45) is 0 Å². The molecule has 1 unspecified atom stereocenters. The van der Waals surface area contributed by atoms with E-state index in [9.17, 15) is 9.50 Å². The summed E-state index contributed by atoms with van der Waals surface area (Å²) in [5.74, 6) is 0.0760. The molecule has 3 rings (SSSR count). The highest BCUT2D eigenvalue weighted by Crippen LogP contribution is 2.22. The van der Waals surface area contributed by atoms with Crippen LogP contribution in [-0.2, 0) is 5.60 Å². The van der Waals surface area contributed by atoms with Crippen molar-refractivity contribution in [1.82, 2.24) is 20.2 Å². The van der Waals surface area contributed by atoms with Gasteiger partial charge in [-0.3, -0.25) is 0 Å². The van der Waals surface area contributed by atoms with Crippen LogP contribution in [0.4, 0.5) is 10.3 Å². The number of benzene rings is 2. The van der Waals surface area contributed by atoms with Crippen molar-refractivity contribution in [1.29, 1.82) is 0 Å². The van der Waals surface area contributed by atoms with E-state index in [-0.39, 0.29) is 12.4 Å². The lowest BCUT2D eigenvalue weighted by Crippen LogP contribution is -2.31. The van der Waals surface area contributed by atoms with Gasteiger partial charge in [0.15, 0.2) is 0 Å². The van der Waals surface area contributed by atoms with Crippen LogP contribution in [0.3, 0.4) is 0 Å². The molecule has 0 saturated carbocycles. The molecule has 2 aromatic carbocycles. The molecule has 7 heteroatoms. The van der Waals surface area contributed by atoms with Crippen LogP contribution in [0.1, 0.15) is 18.1 Å². The van der Waals surface area contributed by atoms with Crippen molar-refractivity contribution in [2.45, 2.75) is 19.4 Å². The summed E-state index contributed by atoms with van der Waals surface area (Å²) < 4.78 is 14.6. The molecule has 0 radical (unpaired) electrons. The molecule has 0 saturated heterocycles. The van der Waals surface area contributed by atoms with Crippen LogP contribution in [0, 0.1) is 12.7 Å². The number of tetrazole rings is 1. The SMILES string of the molecule is Cc1ccc(-n2nnnc2NCC(C)(O)c2ccc(F)cc2)cc1. The lowest BCUT2D eigenvalue weighted by atomic mass is 9.96. The fourth-order valence-corrected chi connectivity index (χ4v) is 2.32. The Morgan fingerprint density at radius 1 is 1.12 bits per heavy atom. The number of nitrogens with zero attached hydrogens (tertiary/aromatic N) is 4. The molecule has 2 N–H and O–H groups in total. The van der Waals surface area contributed by atoms with E-state index in [2.05, 4.69) is 20.8 Å². The fourth-order valence-electron chi connectivity index (χ4n) is 2.32. The molecule has 0 bridgehead atoms. The fraction of sp³-hybridized carbons (Fsp3) is 0.235. The number of aromatic nitrogens is 4. The van der Waals surface area contributed by atoms with Gasteiger partial charge in [0.1, 0.15) is 11.4 Å². The normalized spacial score (nSPS) is 13.5. The van der Waals surface area contributed by atoms with Gasteiger partial charge in [-0.2, -0.15) is 4.68 Å². The number of aliphatic hydroxyl groups is 1. The van der Waals surface area contributed by atoms with E-state index < -0.39 is 5.60 Å². The second-order valence-corrected chi connectivity index (χ2v) is 5.88. The average Bonchev–Trinajstić information content (AvgIpc) is 3.03. The highest BCUT2D eigenvalue weighted by atomic mass is 19.1. The lowest BCUT2D eigenvalue weighted by Gasteiger charge is -2.24. The van der Waals surface area contributed by atoms with E-state index in [4.69, 9.17) is 0 Å². The number of hydrogen-bond acceptors (Lipinski definition) is 5. The molecule has 124 valence electrons. The van der Waals surface area contributed by atoms with E-state index in [0.29, 0.717) is 11.5 Å². The van der Waals surface area contributed by atoms with Gasteiger partial charge < -0.3 is 10.4 Å². The first-order valence-electron chi connectivity index (χ1n) is 7.53. The highest BCUT2D eigenvalue weighted by molar-refractivity contribution is 5.40. The molecule has 0 fully saturated rings. The third-order valence-electron chi connectivity index (χ3n) is 3.80. The smallest absolute Gasteiger partial charge is 0.247 e. The van der Waals surface area contributed by atoms with Crippen molar-refractivity contribution in [2.75, 3.05) is 11.9 Å². The molecular weight excluding hydrogens is 309 g/mol. The predicted octanol–water partition coefficient (Wildman–Crippen LogP) is 2.43. The molecule has 0 amide bonds. The zero-order valence-electron chi connectivity index (χ0n) is 13.4. The number of hydrogen-bond donors (Lipinski definition) is 2. The highest BCUT2D eigenvalue weighted by Gasteiger charge is 2.24. The molecule has 1 aromatic heterocycles. The molecule has 0 spiro atoms. The standard InChI is InChI=1S/C17H18FN5O/c1-12-3-9-15(10-4-12)23-16(20-21-22-23)19-11-17(2,24)13-5-7-14(18)8-6-13/h3-10,24H,11H2,1-2H3,(H,19,20,22). The maximum Gasteiger partial charge on any atom is 0.247 e. The Morgan fingerprint density at radius 3 is 2.46 bits per heavy atom. The molecular formula is C17H18FN5O. The van der Waals surface area contributed by atoms with Gasteiger partial charge in [-0.1, -0.05) is 34.9 Å². The number of aryl methyl sites for hydroxylation is 1. The van der Waals surface area contributed by atoms with Gasteiger partial charge in [0.05, 0.1) is 12.2 Å². The molecule has 6 nitrogen and oxygen atoms in total. The van der Waals surface area contributed by atoms with Crippen molar-refractivity contribution in [3.05, 3.63) is 65.5 Å². The van der Waals surface area contributed by atoms with Crippen LogP contribution in [0.5, 0.6) is 0 Å². The van der Waals surface area contributed by atoms with Gasteiger partial charge >= 0.3 is 0 Å². The molecule has 1 heterocycles. The summed E-state index contributed by atoms with van der Waals surface area (Å²) in [6.45, 7) is 3.82. The molecule has 24 heavy (non-hydrogen) atoms. The monoisotopic (exact) mass is 327 g/mol. The van der Waals surface area contributed by atoms with Crippen molar-refractivity contribution in [3.63, 3.8) is 0 Å². The molecule has 0 aliphatic carbocycles. The van der Waals surface area contributed by atoms with Crippen LogP contribution in [0.2, 0.25) is 0 Å². The first-order valence-corrected chi connectivity index (χ1v) is 7.53. The van der Waals surface area contributed by atoms with Gasteiger partial charge in [0.25, 0.3) is 0 Å². The van der Waals surface area contributed by atoms with Gasteiger partial charge in [-0.05, 0) is 54.1 Å². The number of anilines is 1. The quantitative estimate of drug-likeness (QED) is 0.753. The first-order chi connectivity index (χ1) is 11.5. The summed E-state index contributed by atoms with van der Waals surface area (Å²) in [4.78, 5) is 0. The summed E-state index contributed by atoms with van der Waals surface area (Å²) >= 11 is 0. The summed E-state index contributed by atoms with van der Waals surface area (Å²) in [6.07, 6.45) is 0. The molecule has 3 aromatic rings. The van der Waals surface area contributed by atoms with Crippen molar-refractivity contribution < 1.29 is 9.50 Å². The Bertz CT molecular complexity index is 812. The van der Waals surface area contributed by atoms with E-state index >= 15 is 0 Å². The van der Waals surface area contributed by atoms with Crippen LogP contribution >= 0.6 is 0 Å². The van der Waals surface area contributed by atoms with Gasteiger partial charge in [-0.15, -0.1) is 0 Å². The van der Waals surface area contributed by atoms with Gasteiger partial charge in [0.2, 0.25) is 5.95 Å². The summed E-state index contributed by atoms with van der Waals surface area (Å²) in [5.41, 5.74) is 1.36. The third-order valence-corrected chi connectivity index (χ3v) is 3.80. The number of rotatable bonds is 5. The summed E-state index contributed by atoms with van der Waals surface area (Å²) in [7, 11) is 0. The predicted molar refractivity (Wildman–Crippen MR) is 88.4 cm³/mol. The minimum Gasteiger partial charge on any atom is -0.384 e. The van der Waals surface area contributed by atoms with E-state index in [1.54, 1.807) is 23.7 Å². The van der Waals surface area contributed by atoms with Crippen LogP contribution in [0.25, 0.3) is 5.69 Å². The Morgan fingerprint density at radius 2 is 1.79 bits per heavy atom. The van der Waals surface area contributed by atoms with Gasteiger partial charge in [-0.25, -0.2) is 4.39 Å². The number of halogens is 1. The minimum atomic E-state index is -1.20. The first kappa shape index (κ1) is 16.1. The Kier molecular flexibility index (Phi) is 4.26. The Hall–Kier alpha value is -2.80. The maximum atomic E-state index is 13.0. The van der Waals surface area contributed by atoms with Crippen LogP contribution < -0.4 is 5.32 Å². The van der Waals surface area contributed by atoms with Crippen molar-refractivity contribution >= 4 is 5.95 Å². The minimum absolute atomic E-state index is 0.171. The second-order valence-electron chi connectivity index (χ2n) is 5.88. The molecule has 0 aliphatic heterocycles. The van der Waals surface area contributed by atoms with E-state index in [1.807, 2.05) is 31.2 Å². The zero-order chi connectivity index (χ0) is 17.2. The average molecular weight is 327 g/mol. The summed E-state index contributed by atoms with van der Waals surface area (Å²) in [6, 6.07) is 13.5. The Labute approximate surface area is 138 Å².